The lowest BCUT2D eigenvalue weighted by molar-refractivity contribution is 0.0286. The number of hydrogen-bond acceptors (Lipinski definition) is 3. The topological polar surface area (TPSA) is 49.9 Å². The molecule has 2 aromatic heterocycles. The van der Waals surface area contributed by atoms with Gasteiger partial charge >= 0.3 is 0 Å². The summed E-state index contributed by atoms with van der Waals surface area (Å²) in [6.07, 6.45) is 3.94. The Labute approximate surface area is 87.7 Å². The molecule has 0 radical (unpaired) electrons. The van der Waals surface area contributed by atoms with E-state index in [4.69, 9.17) is 4.74 Å². The Morgan fingerprint density at radius 1 is 1.47 bits per heavy atom. The number of aromatic nitrogens is 2. The second kappa shape index (κ2) is 3.64. The van der Waals surface area contributed by atoms with E-state index in [1.54, 1.807) is 6.20 Å². The molecule has 0 aliphatic carbocycles. The summed E-state index contributed by atoms with van der Waals surface area (Å²) in [7, 11) is 0. The van der Waals surface area contributed by atoms with E-state index >= 15 is 0 Å². The Bertz CT molecular complexity index is 460. The van der Waals surface area contributed by atoms with Gasteiger partial charge in [-0.2, -0.15) is 0 Å². The minimum atomic E-state index is 0.150. The molecule has 2 N–H and O–H groups in total. The summed E-state index contributed by atoms with van der Waals surface area (Å²) in [5.74, 6) is 0. The molecular formula is C11H13N3O. The van der Waals surface area contributed by atoms with Crippen LogP contribution in [0.4, 0.5) is 0 Å². The van der Waals surface area contributed by atoms with Gasteiger partial charge in [-0.3, -0.25) is 0 Å². The second-order valence-corrected chi connectivity index (χ2v) is 3.71. The van der Waals surface area contributed by atoms with E-state index in [0.29, 0.717) is 0 Å². The number of H-pyrrole nitrogens is 1. The minimum absolute atomic E-state index is 0.150. The average Bonchev–Trinajstić information content (AvgIpc) is 2.74. The molecule has 2 aromatic rings. The fourth-order valence-electron chi connectivity index (χ4n) is 2.01. The van der Waals surface area contributed by atoms with Crippen molar-refractivity contribution >= 4 is 11.0 Å². The van der Waals surface area contributed by atoms with Gasteiger partial charge in [-0.15, -0.1) is 0 Å². The van der Waals surface area contributed by atoms with Gasteiger partial charge in [-0.25, -0.2) is 4.98 Å². The highest BCUT2D eigenvalue weighted by Crippen LogP contribution is 2.25. The molecule has 3 heterocycles. The van der Waals surface area contributed by atoms with Crippen LogP contribution in [-0.2, 0) is 4.74 Å². The number of hydrogen-bond donors (Lipinski definition) is 2. The first-order chi connectivity index (χ1) is 7.45. The first-order valence-electron chi connectivity index (χ1n) is 5.19. The van der Waals surface area contributed by atoms with Crippen molar-refractivity contribution in [1.29, 1.82) is 0 Å². The predicted molar refractivity (Wildman–Crippen MR) is 57.7 cm³/mol. The Balaban J connectivity index is 2.02. The molecule has 4 nitrogen and oxygen atoms in total. The summed E-state index contributed by atoms with van der Waals surface area (Å²) < 4.78 is 5.72. The highest BCUT2D eigenvalue weighted by Gasteiger charge is 2.18. The number of ether oxygens (including phenoxy) is 1. The number of rotatable bonds is 1. The number of aromatic amines is 1. The van der Waals surface area contributed by atoms with Crippen LogP contribution in [0.1, 0.15) is 11.7 Å². The lowest BCUT2D eigenvalue weighted by atomic mass is 10.1. The van der Waals surface area contributed by atoms with Crippen LogP contribution in [0.15, 0.2) is 24.5 Å². The fraction of sp³-hybridized carbons (Fsp3) is 0.364. The van der Waals surface area contributed by atoms with Crippen molar-refractivity contribution in [3.05, 3.63) is 30.1 Å². The van der Waals surface area contributed by atoms with Crippen LogP contribution < -0.4 is 5.32 Å². The molecule has 1 aliphatic rings. The molecule has 3 rings (SSSR count). The van der Waals surface area contributed by atoms with Crippen LogP contribution in [0, 0.1) is 0 Å². The Hall–Kier alpha value is -1.39. The fourth-order valence-corrected chi connectivity index (χ4v) is 2.01. The van der Waals surface area contributed by atoms with Gasteiger partial charge < -0.3 is 15.0 Å². The summed E-state index contributed by atoms with van der Waals surface area (Å²) in [4.78, 5) is 7.43. The largest absolute Gasteiger partial charge is 0.371 e. The smallest absolute Gasteiger partial charge is 0.137 e. The minimum Gasteiger partial charge on any atom is -0.371 e. The second-order valence-electron chi connectivity index (χ2n) is 3.71. The van der Waals surface area contributed by atoms with Crippen molar-refractivity contribution in [2.24, 2.45) is 0 Å². The molecule has 0 aromatic carbocycles. The molecule has 1 unspecified atom stereocenters. The van der Waals surface area contributed by atoms with E-state index in [1.165, 1.54) is 5.56 Å². The van der Waals surface area contributed by atoms with E-state index in [1.807, 2.05) is 12.3 Å². The van der Waals surface area contributed by atoms with Crippen LogP contribution in [0.2, 0.25) is 0 Å². The van der Waals surface area contributed by atoms with E-state index in [9.17, 15) is 0 Å². The SMILES string of the molecule is c1cnc2[nH]cc(C3CNCCO3)c2c1. The number of nitrogens with one attached hydrogen (secondary N) is 2. The molecule has 0 amide bonds. The highest BCUT2D eigenvalue weighted by atomic mass is 16.5. The van der Waals surface area contributed by atoms with E-state index in [0.717, 1.165) is 30.7 Å². The standard InChI is InChI=1S/C11H13N3O/c1-2-8-9(6-14-11(8)13-3-1)10-7-12-4-5-15-10/h1-3,6,10,12H,4-5,7H2,(H,13,14). The van der Waals surface area contributed by atoms with Crippen molar-refractivity contribution in [3.63, 3.8) is 0 Å². The summed E-state index contributed by atoms with van der Waals surface area (Å²) >= 11 is 0. The molecule has 0 spiro atoms. The van der Waals surface area contributed by atoms with Crippen molar-refractivity contribution in [2.45, 2.75) is 6.10 Å². The van der Waals surface area contributed by atoms with Gasteiger partial charge in [-0.05, 0) is 12.1 Å². The number of morpholine rings is 1. The summed E-state index contributed by atoms with van der Waals surface area (Å²) in [5, 5.41) is 4.49. The maximum absolute atomic E-state index is 5.72. The number of pyridine rings is 1. The molecular weight excluding hydrogens is 190 g/mol. The van der Waals surface area contributed by atoms with Crippen molar-refractivity contribution in [1.82, 2.24) is 15.3 Å². The number of fused-ring (bicyclic) bond motifs is 1. The van der Waals surface area contributed by atoms with Crippen LogP contribution in [0.5, 0.6) is 0 Å². The van der Waals surface area contributed by atoms with Crippen LogP contribution in [0.25, 0.3) is 11.0 Å². The van der Waals surface area contributed by atoms with Gasteiger partial charge in [0.25, 0.3) is 0 Å². The predicted octanol–water partition coefficient (Wildman–Crippen LogP) is 1.22. The maximum atomic E-state index is 5.72. The summed E-state index contributed by atoms with van der Waals surface area (Å²) in [5.41, 5.74) is 2.13. The Kier molecular flexibility index (Phi) is 2.16. The molecule has 0 saturated carbocycles. The zero-order valence-corrected chi connectivity index (χ0v) is 8.36. The van der Waals surface area contributed by atoms with E-state index < -0.39 is 0 Å². The lowest BCUT2D eigenvalue weighted by Gasteiger charge is -2.23. The van der Waals surface area contributed by atoms with Gasteiger partial charge in [0.2, 0.25) is 0 Å². The van der Waals surface area contributed by atoms with Gasteiger partial charge in [0.05, 0.1) is 12.7 Å². The normalized spacial score (nSPS) is 22.0. The summed E-state index contributed by atoms with van der Waals surface area (Å²) in [6, 6.07) is 4.03. The van der Waals surface area contributed by atoms with Gasteiger partial charge in [0.1, 0.15) is 5.65 Å². The van der Waals surface area contributed by atoms with Crippen molar-refractivity contribution in [2.75, 3.05) is 19.7 Å². The average molecular weight is 203 g/mol. The molecule has 78 valence electrons. The highest BCUT2D eigenvalue weighted by molar-refractivity contribution is 5.79. The van der Waals surface area contributed by atoms with E-state index in [2.05, 4.69) is 21.4 Å². The first kappa shape index (κ1) is 8.88. The molecule has 1 fully saturated rings. The van der Waals surface area contributed by atoms with Crippen LogP contribution in [0.3, 0.4) is 0 Å². The van der Waals surface area contributed by atoms with Gasteiger partial charge in [0.15, 0.2) is 0 Å². The first-order valence-corrected chi connectivity index (χ1v) is 5.19. The third-order valence-electron chi connectivity index (χ3n) is 2.76. The van der Waals surface area contributed by atoms with Crippen molar-refractivity contribution < 1.29 is 4.74 Å². The molecule has 1 saturated heterocycles. The quantitative estimate of drug-likeness (QED) is 0.732. The monoisotopic (exact) mass is 203 g/mol. The number of nitrogens with zero attached hydrogens (tertiary/aromatic N) is 1. The molecule has 0 bridgehead atoms. The summed E-state index contributed by atoms with van der Waals surface area (Å²) in [6.45, 7) is 2.59. The molecule has 1 aliphatic heterocycles. The maximum Gasteiger partial charge on any atom is 0.137 e. The van der Waals surface area contributed by atoms with Crippen LogP contribution >= 0.6 is 0 Å². The zero-order chi connectivity index (χ0) is 10.1. The molecule has 15 heavy (non-hydrogen) atoms. The Morgan fingerprint density at radius 2 is 2.47 bits per heavy atom. The third-order valence-corrected chi connectivity index (χ3v) is 2.76. The Morgan fingerprint density at radius 3 is 3.33 bits per heavy atom. The molecule has 4 heteroatoms. The van der Waals surface area contributed by atoms with Gasteiger partial charge in [0, 0.05) is 36.4 Å². The van der Waals surface area contributed by atoms with Crippen LogP contribution in [-0.4, -0.2) is 29.7 Å². The third kappa shape index (κ3) is 1.52. The van der Waals surface area contributed by atoms with E-state index in [-0.39, 0.29) is 6.10 Å². The lowest BCUT2D eigenvalue weighted by Crippen LogP contribution is -2.33. The van der Waals surface area contributed by atoms with Crippen molar-refractivity contribution in [3.8, 4) is 0 Å². The molecule has 1 atom stereocenters. The van der Waals surface area contributed by atoms with Gasteiger partial charge in [-0.1, -0.05) is 0 Å². The zero-order valence-electron chi connectivity index (χ0n) is 8.36.